The van der Waals surface area contributed by atoms with Gasteiger partial charge in [0.2, 0.25) is 0 Å². The Labute approximate surface area is 225 Å². The molecule has 8 nitrogen and oxygen atoms in total. The van der Waals surface area contributed by atoms with Crippen molar-refractivity contribution < 1.29 is 19.1 Å². The van der Waals surface area contributed by atoms with Crippen LogP contribution in [0.1, 0.15) is 56.6 Å². The van der Waals surface area contributed by atoms with E-state index in [1.54, 1.807) is 24.3 Å². The van der Waals surface area contributed by atoms with Crippen LogP contribution in [0.4, 0.5) is 10.1 Å². The summed E-state index contributed by atoms with van der Waals surface area (Å²) in [4.78, 5) is 25.1. The SMILES string of the molecule is CNCc1cccc(-n2nc(C(=O)O)cc2C(=O)Nc2cc(C(NCC3CC3)c3ccccc3)ccc2F)c1. The molecule has 5 rings (SSSR count). The van der Waals surface area contributed by atoms with Crippen LogP contribution in [0.2, 0.25) is 0 Å². The molecule has 1 atom stereocenters. The predicted octanol–water partition coefficient (Wildman–Crippen LogP) is 4.77. The minimum absolute atomic E-state index is 0.000196. The van der Waals surface area contributed by atoms with Crippen LogP contribution in [0.3, 0.4) is 0 Å². The van der Waals surface area contributed by atoms with E-state index in [2.05, 4.69) is 21.0 Å². The van der Waals surface area contributed by atoms with E-state index < -0.39 is 17.7 Å². The molecule has 0 saturated heterocycles. The molecule has 0 bridgehead atoms. The molecule has 3 aromatic carbocycles. The first-order chi connectivity index (χ1) is 18.9. The largest absolute Gasteiger partial charge is 0.476 e. The van der Waals surface area contributed by atoms with Gasteiger partial charge < -0.3 is 21.1 Å². The number of amides is 1. The zero-order chi connectivity index (χ0) is 27.4. The number of carboxylic acids is 1. The molecule has 9 heteroatoms. The third-order valence-corrected chi connectivity index (χ3v) is 6.71. The molecule has 0 radical (unpaired) electrons. The highest BCUT2D eigenvalue weighted by Crippen LogP contribution is 2.31. The molecule has 1 heterocycles. The van der Waals surface area contributed by atoms with Gasteiger partial charge in [0.05, 0.1) is 17.4 Å². The van der Waals surface area contributed by atoms with Crippen LogP contribution in [0.15, 0.2) is 78.9 Å². The normalized spacial score (nSPS) is 13.7. The predicted molar refractivity (Wildman–Crippen MR) is 147 cm³/mol. The molecule has 0 aliphatic heterocycles. The lowest BCUT2D eigenvalue weighted by Gasteiger charge is -2.21. The highest BCUT2D eigenvalue weighted by Gasteiger charge is 2.25. The lowest BCUT2D eigenvalue weighted by molar-refractivity contribution is 0.0689. The molecule has 1 aliphatic carbocycles. The average molecular weight is 528 g/mol. The molecule has 1 amide bonds. The van der Waals surface area contributed by atoms with E-state index in [1.807, 2.05) is 49.5 Å². The molecule has 1 unspecified atom stereocenters. The van der Waals surface area contributed by atoms with Crippen LogP contribution < -0.4 is 16.0 Å². The molecule has 4 aromatic rings. The zero-order valence-corrected chi connectivity index (χ0v) is 21.5. The van der Waals surface area contributed by atoms with E-state index in [0.29, 0.717) is 18.2 Å². The van der Waals surface area contributed by atoms with Gasteiger partial charge in [0.25, 0.3) is 5.91 Å². The van der Waals surface area contributed by atoms with Crippen molar-refractivity contribution in [2.45, 2.75) is 25.4 Å². The lowest BCUT2D eigenvalue weighted by atomic mass is 9.97. The monoisotopic (exact) mass is 527 g/mol. The fourth-order valence-electron chi connectivity index (χ4n) is 4.53. The minimum Gasteiger partial charge on any atom is -0.476 e. The number of carbonyl (C=O) groups excluding carboxylic acids is 1. The Bertz CT molecular complexity index is 1480. The van der Waals surface area contributed by atoms with Crippen LogP contribution in [-0.4, -0.2) is 40.4 Å². The molecular weight excluding hydrogens is 497 g/mol. The summed E-state index contributed by atoms with van der Waals surface area (Å²) in [7, 11) is 1.81. The number of nitrogens with zero attached hydrogens (tertiary/aromatic N) is 2. The van der Waals surface area contributed by atoms with Gasteiger partial charge in [-0.25, -0.2) is 13.9 Å². The van der Waals surface area contributed by atoms with Gasteiger partial charge in [0, 0.05) is 12.6 Å². The minimum atomic E-state index is -1.27. The smallest absolute Gasteiger partial charge is 0.356 e. The van der Waals surface area contributed by atoms with E-state index in [-0.39, 0.29) is 23.1 Å². The van der Waals surface area contributed by atoms with E-state index in [9.17, 15) is 19.1 Å². The Morgan fingerprint density at radius 3 is 2.54 bits per heavy atom. The topological polar surface area (TPSA) is 108 Å². The van der Waals surface area contributed by atoms with Crippen LogP contribution in [0.25, 0.3) is 5.69 Å². The van der Waals surface area contributed by atoms with Crippen molar-refractivity contribution in [3.05, 3.63) is 113 Å². The van der Waals surface area contributed by atoms with Crippen molar-refractivity contribution in [3.63, 3.8) is 0 Å². The van der Waals surface area contributed by atoms with Crippen molar-refractivity contribution in [1.82, 2.24) is 20.4 Å². The number of carbonyl (C=O) groups is 2. The van der Waals surface area contributed by atoms with Crippen molar-refractivity contribution in [1.29, 1.82) is 0 Å². The van der Waals surface area contributed by atoms with E-state index in [0.717, 1.165) is 23.2 Å². The first-order valence-electron chi connectivity index (χ1n) is 12.9. The van der Waals surface area contributed by atoms with Gasteiger partial charge in [-0.05, 0) is 73.3 Å². The Morgan fingerprint density at radius 2 is 1.82 bits per heavy atom. The number of nitrogens with one attached hydrogen (secondary N) is 3. The third-order valence-electron chi connectivity index (χ3n) is 6.71. The number of hydrogen-bond donors (Lipinski definition) is 4. The Balaban J connectivity index is 1.46. The highest BCUT2D eigenvalue weighted by atomic mass is 19.1. The van der Waals surface area contributed by atoms with Crippen LogP contribution in [0.5, 0.6) is 0 Å². The molecule has 1 saturated carbocycles. The fraction of sp³-hybridized carbons (Fsp3) is 0.233. The molecule has 39 heavy (non-hydrogen) atoms. The zero-order valence-electron chi connectivity index (χ0n) is 21.5. The summed E-state index contributed by atoms with van der Waals surface area (Å²) in [6.45, 7) is 1.43. The van der Waals surface area contributed by atoms with E-state index >= 15 is 0 Å². The Hall–Kier alpha value is -4.34. The number of anilines is 1. The molecule has 200 valence electrons. The first-order valence-corrected chi connectivity index (χ1v) is 12.9. The molecular formula is C30H30FN5O3. The van der Waals surface area contributed by atoms with Crippen molar-refractivity contribution in [2.75, 3.05) is 18.9 Å². The summed E-state index contributed by atoms with van der Waals surface area (Å²) in [6, 6.07) is 22.8. The van der Waals surface area contributed by atoms with Crippen molar-refractivity contribution >= 4 is 17.6 Å². The van der Waals surface area contributed by atoms with Gasteiger partial charge in [-0.1, -0.05) is 48.5 Å². The average Bonchev–Trinajstić information content (AvgIpc) is 3.65. The number of rotatable bonds is 11. The maximum Gasteiger partial charge on any atom is 0.356 e. The lowest BCUT2D eigenvalue weighted by Crippen LogP contribution is -2.25. The number of aromatic nitrogens is 2. The molecule has 1 fully saturated rings. The number of hydrogen-bond acceptors (Lipinski definition) is 5. The highest BCUT2D eigenvalue weighted by molar-refractivity contribution is 6.04. The molecule has 4 N–H and O–H groups in total. The summed E-state index contributed by atoms with van der Waals surface area (Å²) in [5.74, 6) is -1.89. The van der Waals surface area contributed by atoms with Crippen molar-refractivity contribution in [3.8, 4) is 5.69 Å². The molecule has 0 spiro atoms. The van der Waals surface area contributed by atoms with Gasteiger partial charge in [0.1, 0.15) is 11.5 Å². The number of carboxylic acid groups (broad SMARTS) is 1. The summed E-state index contributed by atoms with van der Waals surface area (Å²) in [6.07, 6.45) is 2.40. The van der Waals surface area contributed by atoms with Gasteiger partial charge in [-0.3, -0.25) is 4.79 Å². The Morgan fingerprint density at radius 1 is 1.03 bits per heavy atom. The second-order valence-electron chi connectivity index (χ2n) is 9.72. The van der Waals surface area contributed by atoms with Gasteiger partial charge >= 0.3 is 5.97 Å². The summed E-state index contributed by atoms with van der Waals surface area (Å²) < 4.78 is 16.2. The molecule has 1 aliphatic rings. The second kappa shape index (κ2) is 11.6. The van der Waals surface area contributed by atoms with Crippen molar-refractivity contribution in [2.24, 2.45) is 5.92 Å². The van der Waals surface area contributed by atoms with Crippen LogP contribution in [0, 0.1) is 11.7 Å². The van der Waals surface area contributed by atoms with Crippen LogP contribution in [-0.2, 0) is 6.54 Å². The van der Waals surface area contributed by atoms with Gasteiger partial charge in [-0.15, -0.1) is 0 Å². The summed E-state index contributed by atoms with van der Waals surface area (Å²) >= 11 is 0. The maximum absolute atomic E-state index is 15.0. The quantitative estimate of drug-likeness (QED) is 0.224. The van der Waals surface area contributed by atoms with Gasteiger partial charge in [0.15, 0.2) is 5.69 Å². The maximum atomic E-state index is 15.0. The number of benzene rings is 3. The van der Waals surface area contributed by atoms with E-state index in [4.69, 9.17) is 0 Å². The summed E-state index contributed by atoms with van der Waals surface area (Å²) in [5, 5.41) is 23.0. The number of aromatic carboxylic acids is 1. The molecule has 1 aromatic heterocycles. The third kappa shape index (κ3) is 6.22. The summed E-state index contributed by atoms with van der Waals surface area (Å²) in [5.41, 5.74) is 2.97. The first kappa shape index (κ1) is 26.3. The van der Waals surface area contributed by atoms with Crippen LogP contribution >= 0.6 is 0 Å². The second-order valence-corrected chi connectivity index (χ2v) is 9.72. The Kier molecular flexibility index (Phi) is 7.81. The number of halogens is 1. The standard InChI is InChI=1S/C30H30FN5O3/c1-32-17-20-6-5-9-23(14-20)36-27(16-26(35-36)30(38)39)29(37)34-25-15-22(12-13-24(25)31)28(33-18-19-10-11-19)21-7-3-2-4-8-21/h2-9,12-16,19,28,32-33H,10-11,17-18H2,1H3,(H,34,37)(H,38,39). The van der Waals surface area contributed by atoms with Gasteiger partial charge in [-0.2, -0.15) is 5.10 Å². The van der Waals surface area contributed by atoms with E-state index in [1.165, 1.54) is 29.7 Å². The fourth-order valence-corrected chi connectivity index (χ4v) is 4.53.